The van der Waals surface area contributed by atoms with E-state index in [9.17, 15) is 4.79 Å². The van der Waals surface area contributed by atoms with Crippen LogP contribution in [0.3, 0.4) is 0 Å². The molecule has 4 nitrogen and oxygen atoms in total. The average Bonchev–Trinajstić information content (AvgIpc) is 2.53. The molecule has 1 aliphatic carbocycles. The minimum atomic E-state index is -0.0520. The minimum absolute atomic E-state index is 0.0520. The lowest BCUT2D eigenvalue weighted by Gasteiger charge is -2.29. The third-order valence-corrected chi connectivity index (χ3v) is 4.04. The maximum absolute atomic E-state index is 11.9. The second-order valence-corrected chi connectivity index (χ2v) is 5.82. The number of hydrogen-bond acceptors (Lipinski definition) is 2. The molecule has 0 unspecified atom stereocenters. The van der Waals surface area contributed by atoms with Crippen LogP contribution in [-0.4, -0.2) is 24.7 Å². The van der Waals surface area contributed by atoms with E-state index in [1.807, 2.05) is 30.3 Å². The van der Waals surface area contributed by atoms with Gasteiger partial charge in [-0.05, 0) is 44.2 Å². The van der Waals surface area contributed by atoms with Crippen LogP contribution in [0.5, 0.6) is 0 Å². The van der Waals surface area contributed by atoms with Crippen molar-refractivity contribution >= 4 is 6.03 Å². The van der Waals surface area contributed by atoms with Crippen LogP contribution in [0.2, 0.25) is 0 Å². The second kappa shape index (κ2) is 8.67. The fraction of sp³-hybridized carbons (Fsp3) is 0.588. The molecule has 0 saturated heterocycles. The van der Waals surface area contributed by atoms with Crippen molar-refractivity contribution in [1.82, 2.24) is 16.0 Å². The summed E-state index contributed by atoms with van der Waals surface area (Å²) in [5, 5.41) is 9.58. The Hall–Kier alpha value is -1.55. The predicted molar refractivity (Wildman–Crippen MR) is 86.2 cm³/mol. The Labute approximate surface area is 127 Å². The van der Waals surface area contributed by atoms with E-state index >= 15 is 0 Å². The molecule has 1 fully saturated rings. The number of rotatable bonds is 6. The van der Waals surface area contributed by atoms with Gasteiger partial charge in [-0.1, -0.05) is 37.3 Å². The van der Waals surface area contributed by atoms with Gasteiger partial charge in [0.05, 0.1) is 0 Å². The van der Waals surface area contributed by atoms with Crippen molar-refractivity contribution in [1.29, 1.82) is 0 Å². The van der Waals surface area contributed by atoms with E-state index in [2.05, 4.69) is 22.9 Å². The first-order chi connectivity index (χ1) is 10.3. The quantitative estimate of drug-likeness (QED) is 0.754. The maximum atomic E-state index is 11.9. The Balaban J connectivity index is 1.63. The fourth-order valence-corrected chi connectivity index (χ4v) is 2.80. The monoisotopic (exact) mass is 289 g/mol. The van der Waals surface area contributed by atoms with Crippen LogP contribution in [0.1, 0.15) is 44.6 Å². The van der Waals surface area contributed by atoms with E-state index in [-0.39, 0.29) is 6.03 Å². The number of nitrogens with one attached hydrogen (secondary N) is 3. The van der Waals surface area contributed by atoms with E-state index in [1.54, 1.807) is 0 Å². The lowest BCUT2D eigenvalue weighted by atomic mass is 9.91. The molecule has 0 heterocycles. The first kappa shape index (κ1) is 15.8. The molecule has 0 bridgehead atoms. The van der Waals surface area contributed by atoms with Crippen LogP contribution in [-0.2, 0) is 6.54 Å². The lowest BCUT2D eigenvalue weighted by molar-refractivity contribution is 0.229. The summed E-state index contributed by atoms with van der Waals surface area (Å²) >= 11 is 0. The summed E-state index contributed by atoms with van der Waals surface area (Å²) in [6.07, 6.45) is 5.63. The van der Waals surface area contributed by atoms with Crippen LogP contribution >= 0.6 is 0 Å². The molecule has 0 aliphatic heterocycles. The van der Waals surface area contributed by atoms with Gasteiger partial charge in [-0.2, -0.15) is 0 Å². The van der Waals surface area contributed by atoms with Crippen molar-refractivity contribution in [2.45, 2.75) is 57.7 Å². The smallest absolute Gasteiger partial charge is 0.315 e. The topological polar surface area (TPSA) is 53.2 Å². The standard InChI is InChI=1S/C17H27N3O/c1-2-12-18-15-8-10-16(11-9-15)20-17(21)19-13-14-6-4-3-5-7-14/h3-7,15-16,18H,2,8-13H2,1H3,(H2,19,20,21). The highest BCUT2D eigenvalue weighted by Crippen LogP contribution is 2.18. The van der Waals surface area contributed by atoms with Crippen LogP contribution in [0.25, 0.3) is 0 Å². The molecule has 116 valence electrons. The zero-order valence-corrected chi connectivity index (χ0v) is 12.9. The van der Waals surface area contributed by atoms with Crippen molar-refractivity contribution in [3.05, 3.63) is 35.9 Å². The summed E-state index contributed by atoms with van der Waals surface area (Å²) in [6, 6.07) is 10.9. The fourth-order valence-electron chi connectivity index (χ4n) is 2.80. The van der Waals surface area contributed by atoms with Gasteiger partial charge in [-0.15, -0.1) is 0 Å². The molecule has 0 radical (unpaired) electrons. The molecule has 2 rings (SSSR count). The number of carbonyl (C=O) groups is 1. The second-order valence-electron chi connectivity index (χ2n) is 5.82. The molecule has 0 aromatic heterocycles. The molecule has 1 aliphatic rings. The molecule has 0 atom stereocenters. The van der Waals surface area contributed by atoms with Crippen molar-refractivity contribution in [2.75, 3.05) is 6.54 Å². The first-order valence-electron chi connectivity index (χ1n) is 8.09. The molecular formula is C17H27N3O. The van der Waals surface area contributed by atoms with Crippen LogP contribution in [0.15, 0.2) is 30.3 Å². The zero-order valence-electron chi connectivity index (χ0n) is 12.9. The number of urea groups is 1. The minimum Gasteiger partial charge on any atom is -0.335 e. The van der Waals surface area contributed by atoms with E-state index in [1.165, 1.54) is 6.42 Å². The third-order valence-electron chi connectivity index (χ3n) is 4.04. The summed E-state index contributed by atoms with van der Waals surface area (Å²) in [4.78, 5) is 11.9. The SMILES string of the molecule is CCCNC1CCC(NC(=O)NCc2ccccc2)CC1. The number of carbonyl (C=O) groups excluding carboxylic acids is 1. The van der Waals surface area contributed by atoms with Gasteiger partial charge >= 0.3 is 6.03 Å². The third kappa shape index (κ3) is 5.76. The van der Waals surface area contributed by atoms with Crippen molar-refractivity contribution < 1.29 is 4.79 Å². The lowest BCUT2D eigenvalue weighted by Crippen LogP contribution is -2.45. The van der Waals surface area contributed by atoms with Gasteiger partial charge in [0.25, 0.3) is 0 Å². The van der Waals surface area contributed by atoms with Crippen molar-refractivity contribution in [3.8, 4) is 0 Å². The van der Waals surface area contributed by atoms with E-state index in [0.717, 1.165) is 37.8 Å². The predicted octanol–water partition coefficient (Wildman–Crippen LogP) is 2.80. The van der Waals surface area contributed by atoms with Gasteiger partial charge in [-0.3, -0.25) is 0 Å². The summed E-state index contributed by atoms with van der Waals surface area (Å²) < 4.78 is 0. The maximum Gasteiger partial charge on any atom is 0.315 e. The average molecular weight is 289 g/mol. The molecule has 3 N–H and O–H groups in total. The molecule has 2 amide bonds. The van der Waals surface area contributed by atoms with E-state index in [0.29, 0.717) is 18.6 Å². The molecular weight excluding hydrogens is 262 g/mol. The molecule has 0 spiro atoms. The number of hydrogen-bond donors (Lipinski definition) is 3. The highest BCUT2D eigenvalue weighted by Gasteiger charge is 2.21. The number of benzene rings is 1. The Morgan fingerprint density at radius 2 is 1.76 bits per heavy atom. The molecule has 4 heteroatoms. The molecule has 1 aromatic rings. The molecule has 1 saturated carbocycles. The molecule has 21 heavy (non-hydrogen) atoms. The van der Waals surface area contributed by atoms with E-state index in [4.69, 9.17) is 0 Å². The van der Waals surface area contributed by atoms with Gasteiger partial charge < -0.3 is 16.0 Å². The summed E-state index contributed by atoms with van der Waals surface area (Å²) in [5.74, 6) is 0. The van der Waals surface area contributed by atoms with Crippen molar-refractivity contribution in [3.63, 3.8) is 0 Å². The van der Waals surface area contributed by atoms with Gasteiger partial charge in [0.15, 0.2) is 0 Å². The van der Waals surface area contributed by atoms with Crippen LogP contribution in [0.4, 0.5) is 4.79 Å². The van der Waals surface area contributed by atoms with Gasteiger partial charge in [-0.25, -0.2) is 4.79 Å². The van der Waals surface area contributed by atoms with Crippen LogP contribution in [0, 0.1) is 0 Å². The summed E-state index contributed by atoms with van der Waals surface area (Å²) in [5.41, 5.74) is 1.13. The van der Waals surface area contributed by atoms with Crippen LogP contribution < -0.4 is 16.0 Å². The zero-order chi connectivity index (χ0) is 14.9. The Morgan fingerprint density at radius 3 is 2.43 bits per heavy atom. The highest BCUT2D eigenvalue weighted by molar-refractivity contribution is 5.74. The van der Waals surface area contributed by atoms with Gasteiger partial charge in [0.1, 0.15) is 0 Å². The summed E-state index contributed by atoms with van der Waals surface area (Å²) in [7, 11) is 0. The Bertz CT molecular complexity index is 413. The van der Waals surface area contributed by atoms with Gasteiger partial charge in [0, 0.05) is 18.6 Å². The van der Waals surface area contributed by atoms with Crippen molar-refractivity contribution in [2.24, 2.45) is 0 Å². The van der Waals surface area contributed by atoms with Gasteiger partial charge in [0.2, 0.25) is 0 Å². The first-order valence-corrected chi connectivity index (χ1v) is 8.09. The Morgan fingerprint density at radius 1 is 1.10 bits per heavy atom. The number of amides is 2. The largest absolute Gasteiger partial charge is 0.335 e. The highest BCUT2D eigenvalue weighted by atomic mass is 16.2. The molecule has 1 aromatic carbocycles. The summed E-state index contributed by atoms with van der Waals surface area (Å²) in [6.45, 7) is 3.87. The Kier molecular flexibility index (Phi) is 6.54. The normalized spacial score (nSPS) is 21.8. The van der Waals surface area contributed by atoms with E-state index < -0.39 is 0 Å².